The number of hydrogen-bond acceptors (Lipinski definition) is 0. The van der Waals surface area contributed by atoms with Gasteiger partial charge in [0.1, 0.15) is 0 Å². The van der Waals surface area contributed by atoms with E-state index < -0.39 is 22.6 Å². The zero-order chi connectivity index (χ0) is 31.5. The van der Waals surface area contributed by atoms with E-state index >= 15 is 0 Å². The third-order valence-electron chi connectivity index (χ3n) is 11.2. The Kier molecular flexibility index (Phi) is 7.53. The van der Waals surface area contributed by atoms with Crippen molar-refractivity contribution in [2.75, 3.05) is 0 Å². The fraction of sp³-hybridized carbons (Fsp3) is 0.209. The van der Waals surface area contributed by atoms with Gasteiger partial charge in [-0.15, -0.1) is 0 Å². The van der Waals surface area contributed by atoms with Crippen LogP contribution in [0, 0.1) is 27.7 Å². The Hall–Kier alpha value is -3.33. The minimum atomic E-state index is -4.05. The van der Waals surface area contributed by atoms with Crippen molar-refractivity contribution in [3.8, 4) is 22.3 Å². The summed E-state index contributed by atoms with van der Waals surface area (Å²) in [7, 11) is 0. The summed E-state index contributed by atoms with van der Waals surface area (Å²) < 4.78 is 6.62. The molecule has 0 amide bonds. The van der Waals surface area contributed by atoms with Gasteiger partial charge < -0.3 is 0 Å². The molecule has 0 heterocycles. The van der Waals surface area contributed by atoms with E-state index in [1.165, 1.54) is 55.6 Å². The average Bonchev–Trinajstić information content (AvgIpc) is 3.66. The molecule has 2 aliphatic carbocycles. The molecule has 2 atom stereocenters. The molecule has 5 aromatic carbocycles. The van der Waals surface area contributed by atoms with Gasteiger partial charge in [0.05, 0.1) is 0 Å². The fourth-order valence-electron chi connectivity index (χ4n) is 8.79. The van der Waals surface area contributed by atoms with Crippen LogP contribution in [0.3, 0.4) is 0 Å². The summed E-state index contributed by atoms with van der Waals surface area (Å²) >= 11 is -4.05. The van der Waals surface area contributed by atoms with Crippen LogP contribution in [0.4, 0.5) is 0 Å². The first-order valence-electron chi connectivity index (χ1n) is 16.4. The fourth-order valence-corrected chi connectivity index (χ4v) is 52.1. The number of hydrogen-bond donors (Lipinski definition) is 0. The maximum absolute atomic E-state index is 4.05. The Morgan fingerprint density at radius 1 is 0.511 bits per heavy atom. The van der Waals surface area contributed by atoms with E-state index in [2.05, 4.69) is 171 Å². The summed E-state index contributed by atoms with van der Waals surface area (Å²) in [5.41, 5.74) is 15.8. The molecule has 0 saturated carbocycles. The van der Waals surface area contributed by atoms with Crippen molar-refractivity contribution in [1.29, 1.82) is 0 Å². The van der Waals surface area contributed by atoms with Gasteiger partial charge in [0.15, 0.2) is 0 Å². The van der Waals surface area contributed by atoms with Crippen molar-refractivity contribution in [2.24, 2.45) is 0 Å². The van der Waals surface area contributed by atoms with Crippen LogP contribution in [0.25, 0.3) is 34.4 Å². The first kappa shape index (κ1) is 30.3. The molecule has 0 N–H and O–H groups in total. The van der Waals surface area contributed by atoms with Gasteiger partial charge in [-0.05, 0) is 0 Å². The number of rotatable bonds is 5. The molecule has 0 fully saturated rings. The van der Waals surface area contributed by atoms with Crippen LogP contribution in [0.15, 0.2) is 115 Å². The molecule has 0 bridgehead atoms. The third kappa shape index (κ3) is 4.96. The molecule has 0 radical (unpaired) electrons. The zero-order valence-corrected chi connectivity index (χ0v) is 32.4. The monoisotopic (exact) mass is 768 g/mol. The van der Waals surface area contributed by atoms with Gasteiger partial charge in [-0.3, -0.25) is 0 Å². The second-order valence-corrected chi connectivity index (χ2v) is 60.7. The molecule has 0 saturated heterocycles. The zero-order valence-electron chi connectivity index (χ0n) is 27.8. The van der Waals surface area contributed by atoms with Crippen LogP contribution in [-0.2, 0) is 17.1 Å². The van der Waals surface area contributed by atoms with Crippen molar-refractivity contribution in [3.63, 3.8) is 0 Å². The number of aryl methyl sites for hydroxylation is 4. The van der Waals surface area contributed by atoms with Crippen molar-refractivity contribution < 1.29 is 17.1 Å². The quantitative estimate of drug-likeness (QED) is 0.156. The van der Waals surface area contributed by atoms with E-state index in [9.17, 15) is 0 Å². The van der Waals surface area contributed by atoms with Gasteiger partial charge in [-0.2, -0.15) is 0 Å². The van der Waals surface area contributed by atoms with Gasteiger partial charge >= 0.3 is 273 Å². The molecule has 0 aliphatic heterocycles. The molecule has 2 unspecified atom stereocenters. The first-order chi connectivity index (χ1) is 21.5. The molecular weight excluding hydrogens is 723 g/mol. The molecule has 5 aromatic rings. The van der Waals surface area contributed by atoms with Crippen LogP contribution in [0.1, 0.15) is 51.9 Å². The summed E-state index contributed by atoms with van der Waals surface area (Å²) in [5.74, 6) is 0. The van der Waals surface area contributed by atoms with Crippen molar-refractivity contribution in [3.05, 3.63) is 160 Å². The predicted molar refractivity (Wildman–Crippen MR) is 196 cm³/mol. The summed E-state index contributed by atoms with van der Waals surface area (Å²) in [6.07, 6.45) is 10.3. The Bertz CT molecular complexity index is 1960. The number of fused-ring (bicyclic) bond motifs is 2. The van der Waals surface area contributed by atoms with E-state index in [0.717, 1.165) is 0 Å². The van der Waals surface area contributed by atoms with Crippen molar-refractivity contribution >= 4 is 22.8 Å². The summed E-state index contributed by atoms with van der Waals surface area (Å²) in [5, 5.41) is 1.59. The Morgan fingerprint density at radius 2 is 0.933 bits per heavy atom. The van der Waals surface area contributed by atoms with Gasteiger partial charge in [0, 0.05) is 0 Å². The summed E-state index contributed by atoms with van der Waals surface area (Å²) in [4.78, 5) is 0. The second kappa shape index (κ2) is 11.2. The number of benzene rings is 5. The molecule has 0 aromatic heterocycles. The number of allylic oxidation sites excluding steroid dienone is 2. The summed E-state index contributed by atoms with van der Waals surface area (Å²) in [6.45, 7) is 11.5. The Balaban J connectivity index is 1.47. The SMILES string of the molecule is Cc1cc(C)cc(-c2cccc3c2C=C[CH]3[Hf]([CH3])([CH3])([CH]2C=Cc3c(-c4cc(C)cc(C)c4)cccc32)=[Si](C)c2ccccc2)c1. The molecule has 0 nitrogen and oxygen atoms in total. The molecule has 45 heavy (non-hydrogen) atoms. The van der Waals surface area contributed by atoms with E-state index in [-0.39, 0.29) is 0 Å². The van der Waals surface area contributed by atoms with Crippen LogP contribution >= 0.6 is 0 Å². The molecule has 224 valence electrons. The minimum absolute atomic E-state index is 0.479. The van der Waals surface area contributed by atoms with E-state index in [0.29, 0.717) is 7.35 Å². The van der Waals surface area contributed by atoms with Crippen molar-refractivity contribution in [2.45, 2.75) is 51.0 Å². The van der Waals surface area contributed by atoms with Crippen LogP contribution in [-0.4, -0.2) is 5.49 Å². The second-order valence-electron chi connectivity index (χ2n) is 14.6. The molecule has 0 spiro atoms. The average molecular weight is 767 g/mol. The molecule has 7 rings (SSSR count). The standard InChI is InChI=1S/2C17H15.C7H8Si.2CH3.Hf/c2*1-12-9-13(2)11-15(10-12)17-8-4-6-14-5-3-7-16(14)17;1-8-7-5-3-2-4-6-7;;;/h2*3-11H,1-2H3;2-6H,1H3;2*1H3;. The van der Waals surface area contributed by atoms with Crippen LogP contribution in [0.5, 0.6) is 0 Å². The van der Waals surface area contributed by atoms with Crippen LogP contribution < -0.4 is 5.19 Å². The maximum atomic E-state index is 2.83. The van der Waals surface area contributed by atoms with E-state index in [4.69, 9.17) is 0 Å². The third-order valence-corrected chi connectivity index (χ3v) is 65.9. The van der Waals surface area contributed by atoms with Gasteiger partial charge in [0.2, 0.25) is 0 Å². The van der Waals surface area contributed by atoms with Gasteiger partial charge in [-0.1, -0.05) is 0 Å². The Morgan fingerprint density at radius 3 is 1.36 bits per heavy atom. The van der Waals surface area contributed by atoms with E-state index in [1.54, 1.807) is 16.3 Å². The van der Waals surface area contributed by atoms with Gasteiger partial charge in [-0.25, -0.2) is 0 Å². The van der Waals surface area contributed by atoms with Crippen LogP contribution in [0.2, 0.25) is 15.9 Å². The predicted octanol–water partition coefficient (Wildman–Crippen LogP) is 11.4. The topological polar surface area (TPSA) is 0 Å². The molecule has 2 aliphatic rings. The Labute approximate surface area is 271 Å². The molecule has 2 heteroatoms. The molecular formula is C43H44HfSi. The van der Waals surface area contributed by atoms with Crippen molar-refractivity contribution in [1.82, 2.24) is 0 Å². The normalized spacial score (nSPS) is 17.0. The first-order valence-corrected chi connectivity index (χ1v) is 35.2. The summed E-state index contributed by atoms with van der Waals surface area (Å²) in [6, 6.07) is 39.8. The van der Waals surface area contributed by atoms with E-state index in [1.807, 2.05) is 0 Å². The van der Waals surface area contributed by atoms with Gasteiger partial charge in [0.25, 0.3) is 0 Å².